The number of amides is 1. The summed E-state index contributed by atoms with van der Waals surface area (Å²) in [7, 11) is 0. The summed E-state index contributed by atoms with van der Waals surface area (Å²) in [5, 5.41) is 9.25. The van der Waals surface area contributed by atoms with Crippen molar-refractivity contribution in [2.45, 2.75) is 0 Å². The first kappa shape index (κ1) is 12.4. The highest BCUT2D eigenvalue weighted by Crippen LogP contribution is 2.14. The molecule has 1 aliphatic heterocycles. The molecule has 1 fully saturated rings. The molecule has 1 aromatic carbocycles. The zero-order chi connectivity index (χ0) is 12.1. The largest absolute Gasteiger partial charge is 0.383 e. The molecule has 1 heterocycles. The first-order chi connectivity index (χ1) is 8.25. The van der Waals surface area contributed by atoms with E-state index in [-0.39, 0.29) is 11.8 Å². The maximum Gasteiger partial charge on any atom is 0.225 e. The number of halogens is 1. The van der Waals surface area contributed by atoms with Crippen LogP contribution >= 0.6 is 15.9 Å². The number of anilines is 1. The molecule has 1 aliphatic rings. The van der Waals surface area contributed by atoms with E-state index < -0.39 is 0 Å². The quantitative estimate of drug-likeness (QED) is 0.716. The minimum absolute atomic E-state index is 0.153. The van der Waals surface area contributed by atoms with E-state index in [9.17, 15) is 4.79 Å². The molecule has 5 heteroatoms. The molecule has 4 nitrogen and oxygen atoms in total. The van der Waals surface area contributed by atoms with E-state index in [2.05, 4.69) is 31.9 Å². The van der Waals surface area contributed by atoms with Gasteiger partial charge in [0.05, 0.1) is 5.92 Å². The van der Waals surface area contributed by atoms with Crippen molar-refractivity contribution in [3.8, 4) is 0 Å². The van der Waals surface area contributed by atoms with Crippen molar-refractivity contribution in [3.05, 3.63) is 28.7 Å². The minimum atomic E-state index is 0.153. The topological polar surface area (TPSA) is 53.2 Å². The second-order valence-electron chi connectivity index (χ2n) is 4.08. The van der Waals surface area contributed by atoms with Crippen LogP contribution in [0.2, 0.25) is 0 Å². The summed E-state index contributed by atoms with van der Waals surface area (Å²) in [6, 6.07) is 7.97. The molecule has 3 N–H and O–H groups in total. The molecule has 17 heavy (non-hydrogen) atoms. The van der Waals surface area contributed by atoms with E-state index in [0.717, 1.165) is 29.8 Å². The summed E-state index contributed by atoms with van der Waals surface area (Å²) in [5.74, 6) is 0.320. The van der Waals surface area contributed by atoms with E-state index in [1.54, 1.807) is 0 Å². The maximum atomic E-state index is 11.5. The van der Waals surface area contributed by atoms with E-state index >= 15 is 0 Å². The molecular weight excluding hydrogens is 282 g/mol. The number of hydrogen-bond donors (Lipinski definition) is 3. The molecule has 0 bridgehead atoms. The summed E-state index contributed by atoms with van der Waals surface area (Å²) in [6.07, 6.45) is 0. The highest BCUT2D eigenvalue weighted by atomic mass is 79.9. The van der Waals surface area contributed by atoms with Crippen LogP contribution in [0.15, 0.2) is 28.7 Å². The average Bonchev–Trinajstić information content (AvgIpc) is 2.22. The normalized spacial score (nSPS) is 15.1. The van der Waals surface area contributed by atoms with Gasteiger partial charge in [-0.15, -0.1) is 0 Å². The number of nitrogens with one attached hydrogen (secondary N) is 3. The Morgan fingerprint density at radius 1 is 1.41 bits per heavy atom. The Bertz CT molecular complexity index is 393. The SMILES string of the molecule is O=C(NCCNc1cccc(Br)c1)C1CNC1. The lowest BCUT2D eigenvalue weighted by Gasteiger charge is -2.25. The second kappa shape index (κ2) is 6.02. The third kappa shape index (κ3) is 3.71. The van der Waals surface area contributed by atoms with Crippen LogP contribution in [0, 0.1) is 5.92 Å². The summed E-state index contributed by atoms with van der Waals surface area (Å²) in [6.45, 7) is 3.01. The Hall–Kier alpha value is -1.07. The molecule has 1 amide bonds. The van der Waals surface area contributed by atoms with Crippen molar-refractivity contribution in [2.75, 3.05) is 31.5 Å². The lowest BCUT2D eigenvalue weighted by atomic mass is 10.0. The van der Waals surface area contributed by atoms with Gasteiger partial charge in [0.2, 0.25) is 5.91 Å². The minimum Gasteiger partial charge on any atom is -0.383 e. The predicted octanol–water partition coefficient (Wildman–Crippen LogP) is 1.20. The van der Waals surface area contributed by atoms with Crippen LogP contribution in [0.4, 0.5) is 5.69 Å². The highest BCUT2D eigenvalue weighted by Gasteiger charge is 2.23. The molecule has 0 unspecified atom stereocenters. The fraction of sp³-hybridized carbons (Fsp3) is 0.417. The smallest absolute Gasteiger partial charge is 0.225 e. The number of carbonyl (C=O) groups excluding carboxylic acids is 1. The molecule has 2 rings (SSSR count). The van der Waals surface area contributed by atoms with E-state index in [1.807, 2.05) is 24.3 Å². The van der Waals surface area contributed by atoms with Crippen molar-refractivity contribution >= 4 is 27.5 Å². The van der Waals surface area contributed by atoms with Crippen LogP contribution < -0.4 is 16.0 Å². The first-order valence-corrected chi connectivity index (χ1v) is 6.53. The molecule has 1 saturated heterocycles. The lowest BCUT2D eigenvalue weighted by molar-refractivity contribution is -0.126. The number of rotatable bonds is 5. The summed E-state index contributed by atoms with van der Waals surface area (Å²) < 4.78 is 1.05. The number of benzene rings is 1. The van der Waals surface area contributed by atoms with Crippen molar-refractivity contribution < 1.29 is 4.79 Å². The van der Waals surface area contributed by atoms with Crippen molar-refractivity contribution in [3.63, 3.8) is 0 Å². The van der Waals surface area contributed by atoms with Gasteiger partial charge in [-0.1, -0.05) is 22.0 Å². The molecule has 0 saturated carbocycles. The summed E-state index contributed by atoms with van der Waals surface area (Å²) in [5.41, 5.74) is 1.05. The van der Waals surface area contributed by atoms with Crippen LogP contribution in [0.5, 0.6) is 0 Å². The molecule has 0 atom stereocenters. The Kier molecular flexibility index (Phi) is 4.39. The molecule has 1 aromatic rings. The van der Waals surface area contributed by atoms with E-state index in [1.165, 1.54) is 0 Å². The maximum absolute atomic E-state index is 11.5. The Morgan fingerprint density at radius 2 is 2.24 bits per heavy atom. The van der Waals surface area contributed by atoms with Gasteiger partial charge in [-0.3, -0.25) is 4.79 Å². The van der Waals surface area contributed by atoms with Gasteiger partial charge in [0.25, 0.3) is 0 Å². The standard InChI is InChI=1S/C12H16BrN3O/c13-10-2-1-3-11(6-10)15-4-5-16-12(17)9-7-14-8-9/h1-3,6,9,14-15H,4-5,7-8H2,(H,16,17). The third-order valence-corrected chi connectivity index (χ3v) is 3.22. The van der Waals surface area contributed by atoms with Crippen LogP contribution in [0.25, 0.3) is 0 Å². The summed E-state index contributed by atoms with van der Waals surface area (Å²) in [4.78, 5) is 11.5. The number of hydrogen-bond acceptors (Lipinski definition) is 3. The van der Waals surface area contributed by atoms with Gasteiger partial charge in [0.15, 0.2) is 0 Å². The van der Waals surface area contributed by atoms with Gasteiger partial charge >= 0.3 is 0 Å². The van der Waals surface area contributed by atoms with Crippen LogP contribution in [-0.4, -0.2) is 32.1 Å². The van der Waals surface area contributed by atoms with Gasteiger partial charge in [-0.05, 0) is 18.2 Å². The van der Waals surface area contributed by atoms with Gasteiger partial charge in [-0.2, -0.15) is 0 Å². The Labute approximate surface area is 109 Å². The summed E-state index contributed by atoms with van der Waals surface area (Å²) >= 11 is 3.41. The highest BCUT2D eigenvalue weighted by molar-refractivity contribution is 9.10. The van der Waals surface area contributed by atoms with Crippen molar-refractivity contribution in [1.29, 1.82) is 0 Å². The van der Waals surface area contributed by atoms with Crippen LogP contribution in [0.1, 0.15) is 0 Å². The predicted molar refractivity (Wildman–Crippen MR) is 72.0 cm³/mol. The molecule has 0 aromatic heterocycles. The van der Waals surface area contributed by atoms with Crippen molar-refractivity contribution in [1.82, 2.24) is 10.6 Å². The lowest BCUT2D eigenvalue weighted by Crippen LogP contribution is -2.51. The van der Waals surface area contributed by atoms with Gasteiger partial charge in [0.1, 0.15) is 0 Å². The second-order valence-corrected chi connectivity index (χ2v) is 5.00. The zero-order valence-corrected chi connectivity index (χ0v) is 11.1. The Morgan fingerprint density at radius 3 is 2.88 bits per heavy atom. The average molecular weight is 298 g/mol. The van der Waals surface area contributed by atoms with Crippen molar-refractivity contribution in [2.24, 2.45) is 5.92 Å². The third-order valence-electron chi connectivity index (χ3n) is 2.73. The number of carbonyl (C=O) groups is 1. The zero-order valence-electron chi connectivity index (χ0n) is 9.50. The first-order valence-electron chi connectivity index (χ1n) is 5.73. The molecule has 0 spiro atoms. The van der Waals surface area contributed by atoms with E-state index in [0.29, 0.717) is 6.54 Å². The van der Waals surface area contributed by atoms with Gasteiger partial charge in [-0.25, -0.2) is 0 Å². The molecule has 0 aliphatic carbocycles. The Balaban J connectivity index is 1.64. The van der Waals surface area contributed by atoms with Gasteiger partial charge in [0, 0.05) is 36.3 Å². The van der Waals surface area contributed by atoms with Crippen LogP contribution in [-0.2, 0) is 4.79 Å². The monoisotopic (exact) mass is 297 g/mol. The van der Waals surface area contributed by atoms with Gasteiger partial charge < -0.3 is 16.0 Å². The van der Waals surface area contributed by atoms with E-state index in [4.69, 9.17) is 0 Å². The fourth-order valence-corrected chi connectivity index (χ4v) is 2.01. The molecule has 92 valence electrons. The fourth-order valence-electron chi connectivity index (χ4n) is 1.61. The molecular formula is C12H16BrN3O. The molecule has 0 radical (unpaired) electrons. The van der Waals surface area contributed by atoms with Crippen LogP contribution in [0.3, 0.4) is 0 Å².